The smallest absolute Gasteiger partial charge is 0.224 e. The van der Waals surface area contributed by atoms with Gasteiger partial charge < -0.3 is 10.6 Å². The Labute approximate surface area is 122 Å². The van der Waals surface area contributed by atoms with E-state index in [2.05, 4.69) is 55.7 Å². The van der Waals surface area contributed by atoms with Crippen LogP contribution in [0.2, 0.25) is 0 Å². The number of carbonyl (C=O) groups is 1. The van der Waals surface area contributed by atoms with Crippen LogP contribution in [0.4, 0.5) is 0 Å². The van der Waals surface area contributed by atoms with Crippen molar-refractivity contribution < 1.29 is 4.79 Å². The fourth-order valence-corrected chi connectivity index (χ4v) is 2.74. The van der Waals surface area contributed by atoms with Gasteiger partial charge in [-0.3, -0.25) is 4.79 Å². The molecule has 110 valence electrons. The molecule has 1 aliphatic heterocycles. The molecule has 2 atom stereocenters. The predicted molar refractivity (Wildman–Crippen MR) is 82.6 cm³/mol. The first-order valence-corrected chi connectivity index (χ1v) is 7.68. The van der Waals surface area contributed by atoms with Crippen molar-refractivity contribution in [2.24, 2.45) is 5.92 Å². The summed E-state index contributed by atoms with van der Waals surface area (Å²) < 4.78 is 0. The van der Waals surface area contributed by atoms with E-state index in [1.165, 1.54) is 11.1 Å². The molecule has 1 amide bonds. The maximum absolute atomic E-state index is 12.2. The molecule has 1 aliphatic rings. The van der Waals surface area contributed by atoms with E-state index in [-0.39, 0.29) is 17.9 Å². The Balaban J connectivity index is 1.86. The number of carbonyl (C=O) groups excluding carboxylic acids is 1. The first-order valence-electron chi connectivity index (χ1n) is 7.68. The molecule has 1 heterocycles. The van der Waals surface area contributed by atoms with E-state index in [4.69, 9.17) is 0 Å². The zero-order chi connectivity index (χ0) is 14.5. The molecule has 0 aliphatic carbocycles. The van der Waals surface area contributed by atoms with Crippen molar-refractivity contribution in [1.82, 2.24) is 10.6 Å². The number of piperidine rings is 1. The van der Waals surface area contributed by atoms with E-state index >= 15 is 0 Å². The van der Waals surface area contributed by atoms with E-state index in [1.807, 2.05) is 0 Å². The third kappa shape index (κ3) is 3.83. The Bertz CT molecular complexity index is 439. The molecule has 1 saturated heterocycles. The summed E-state index contributed by atoms with van der Waals surface area (Å²) in [5.74, 6) is 0.837. The Morgan fingerprint density at radius 3 is 2.65 bits per heavy atom. The quantitative estimate of drug-likeness (QED) is 0.886. The van der Waals surface area contributed by atoms with Crippen molar-refractivity contribution in [2.45, 2.75) is 52.1 Å². The number of hydrogen-bond acceptors (Lipinski definition) is 2. The first-order chi connectivity index (χ1) is 9.58. The highest BCUT2D eigenvalue weighted by Crippen LogP contribution is 2.17. The number of hydrogen-bond donors (Lipinski definition) is 2. The van der Waals surface area contributed by atoms with Gasteiger partial charge in [-0.05, 0) is 43.4 Å². The molecule has 3 nitrogen and oxygen atoms in total. The minimum Gasteiger partial charge on any atom is -0.352 e. The monoisotopic (exact) mass is 274 g/mol. The predicted octanol–water partition coefficient (Wildman–Crippen LogP) is 2.81. The standard InChI is InChI=1S/C17H26N2O/c1-12(2)15-8-6-14(7-9-15)11-19-17(20)16-5-4-10-18-13(16)3/h6-9,12-13,16,18H,4-5,10-11H2,1-3H3,(H,19,20). The van der Waals surface area contributed by atoms with Crippen molar-refractivity contribution in [3.63, 3.8) is 0 Å². The highest BCUT2D eigenvalue weighted by Gasteiger charge is 2.26. The summed E-state index contributed by atoms with van der Waals surface area (Å²) in [5.41, 5.74) is 2.50. The molecular weight excluding hydrogens is 248 g/mol. The maximum atomic E-state index is 12.2. The average molecular weight is 274 g/mol. The second-order valence-electron chi connectivity index (χ2n) is 6.11. The number of benzene rings is 1. The van der Waals surface area contributed by atoms with E-state index in [0.29, 0.717) is 12.5 Å². The lowest BCUT2D eigenvalue weighted by atomic mass is 9.91. The molecular formula is C17H26N2O. The van der Waals surface area contributed by atoms with E-state index < -0.39 is 0 Å². The van der Waals surface area contributed by atoms with Crippen LogP contribution in [0.5, 0.6) is 0 Å². The zero-order valence-corrected chi connectivity index (χ0v) is 12.8. The van der Waals surface area contributed by atoms with Gasteiger partial charge in [0.05, 0.1) is 5.92 Å². The highest BCUT2D eigenvalue weighted by atomic mass is 16.1. The van der Waals surface area contributed by atoms with Crippen molar-refractivity contribution >= 4 is 5.91 Å². The van der Waals surface area contributed by atoms with E-state index in [1.54, 1.807) is 0 Å². The van der Waals surface area contributed by atoms with Crippen LogP contribution in [-0.4, -0.2) is 18.5 Å². The van der Waals surface area contributed by atoms with E-state index in [0.717, 1.165) is 19.4 Å². The van der Waals surface area contributed by atoms with Gasteiger partial charge in [-0.1, -0.05) is 38.1 Å². The van der Waals surface area contributed by atoms with Crippen molar-refractivity contribution in [1.29, 1.82) is 0 Å². The molecule has 1 aromatic carbocycles. The van der Waals surface area contributed by atoms with Crippen molar-refractivity contribution in [3.05, 3.63) is 35.4 Å². The van der Waals surface area contributed by atoms with Crippen LogP contribution in [0, 0.1) is 5.92 Å². The van der Waals surface area contributed by atoms with Crippen LogP contribution in [0.1, 0.15) is 50.7 Å². The summed E-state index contributed by atoms with van der Waals surface area (Å²) >= 11 is 0. The topological polar surface area (TPSA) is 41.1 Å². The molecule has 0 spiro atoms. The Hall–Kier alpha value is -1.35. The molecule has 20 heavy (non-hydrogen) atoms. The molecule has 1 fully saturated rings. The summed E-state index contributed by atoms with van der Waals surface area (Å²) in [7, 11) is 0. The van der Waals surface area contributed by atoms with Gasteiger partial charge >= 0.3 is 0 Å². The van der Waals surface area contributed by atoms with E-state index in [9.17, 15) is 4.79 Å². The van der Waals surface area contributed by atoms with Gasteiger partial charge in [-0.15, -0.1) is 0 Å². The largest absolute Gasteiger partial charge is 0.352 e. The normalized spacial score (nSPS) is 22.8. The Morgan fingerprint density at radius 1 is 1.35 bits per heavy atom. The second kappa shape index (κ2) is 6.89. The average Bonchev–Trinajstić information content (AvgIpc) is 2.45. The minimum absolute atomic E-state index is 0.110. The lowest BCUT2D eigenvalue weighted by Gasteiger charge is -2.28. The van der Waals surface area contributed by atoms with Gasteiger partial charge in [0.15, 0.2) is 0 Å². The molecule has 2 unspecified atom stereocenters. The number of rotatable bonds is 4. The lowest BCUT2D eigenvalue weighted by Crippen LogP contribution is -2.46. The number of nitrogens with one attached hydrogen (secondary N) is 2. The molecule has 0 saturated carbocycles. The fourth-order valence-electron chi connectivity index (χ4n) is 2.74. The van der Waals surface area contributed by atoms with Gasteiger partial charge in [0.2, 0.25) is 5.91 Å². The summed E-state index contributed by atoms with van der Waals surface area (Å²) in [5, 5.41) is 6.44. The fraction of sp³-hybridized carbons (Fsp3) is 0.588. The third-order valence-electron chi connectivity index (χ3n) is 4.21. The second-order valence-corrected chi connectivity index (χ2v) is 6.11. The molecule has 0 bridgehead atoms. The minimum atomic E-state index is 0.110. The van der Waals surface area contributed by atoms with Crippen molar-refractivity contribution in [2.75, 3.05) is 6.54 Å². The van der Waals surface area contributed by atoms with Crippen LogP contribution in [0.15, 0.2) is 24.3 Å². The van der Waals surface area contributed by atoms with Gasteiger partial charge in [0.25, 0.3) is 0 Å². The van der Waals surface area contributed by atoms with Crippen LogP contribution in [-0.2, 0) is 11.3 Å². The summed E-state index contributed by atoms with van der Waals surface area (Å²) in [6.45, 7) is 8.13. The van der Waals surface area contributed by atoms with Gasteiger partial charge in [-0.25, -0.2) is 0 Å². The summed E-state index contributed by atoms with van der Waals surface area (Å²) in [4.78, 5) is 12.2. The molecule has 3 heteroatoms. The molecule has 1 aromatic rings. The van der Waals surface area contributed by atoms with Gasteiger partial charge in [-0.2, -0.15) is 0 Å². The SMILES string of the molecule is CC(C)c1ccc(CNC(=O)C2CCCNC2C)cc1. The zero-order valence-electron chi connectivity index (χ0n) is 12.8. The first kappa shape index (κ1) is 15.0. The molecule has 0 radical (unpaired) electrons. The summed E-state index contributed by atoms with van der Waals surface area (Å²) in [6, 6.07) is 8.80. The molecule has 2 N–H and O–H groups in total. The Morgan fingerprint density at radius 2 is 2.05 bits per heavy atom. The van der Waals surface area contributed by atoms with Crippen molar-refractivity contribution in [3.8, 4) is 0 Å². The Kier molecular flexibility index (Phi) is 5.18. The third-order valence-corrected chi connectivity index (χ3v) is 4.21. The number of amides is 1. The van der Waals surface area contributed by atoms with Crippen LogP contribution < -0.4 is 10.6 Å². The molecule has 2 rings (SSSR count). The summed E-state index contributed by atoms with van der Waals surface area (Å²) in [6.07, 6.45) is 2.08. The van der Waals surface area contributed by atoms with Crippen LogP contribution >= 0.6 is 0 Å². The highest BCUT2D eigenvalue weighted by molar-refractivity contribution is 5.79. The molecule has 0 aromatic heterocycles. The van der Waals surface area contributed by atoms with Crippen LogP contribution in [0.25, 0.3) is 0 Å². The van der Waals surface area contributed by atoms with Crippen LogP contribution in [0.3, 0.4) is 0 Å². The van der Waals surface area contributed by atoms with Gasteiger partial charge in [0, 0.05) is 12.6 Å². The lowest BCUT2D eigenvalue weighted by molar-refractivity contribution is -0.126. The maximum Gasteiger partial charge on any atom is 0.224 e. The van der Waals surface area contributed by atoms with Gasteiger partial charge in [0.1, 0.15) is 0 Å².